The van der Waals surface area contributed by atoms with Gasteiger partial charge in [0.1, 0.15) is 0 Å². The minimum Gasteiger partial charge on any atom is -0.411 e. The number of oxime groups is 1. The highest BCUT2D eigenvalue weighted by Gasteiger charge is 2.17. The number of nitrogens with one attached hydrogen (secondary N) is 1. The molecule has 0 aliphatic carbocycles. The fraction of sp³-hybridized carbons (Fsp3) is 0.500. The quantitative estimate of drug-likeness (QED) is 0.498. The van der Waals surface area contributed by atoms with Gasteiger partial charge in [-0.1, -0.05) is 38.1 Å². The Morgan fingerprint density at radius 3 is 2.25 bits per heavy atom. The molecule has 1 aromatic rings. The summed E-state index contributed by atoms with van der Waals surface area (Å²) < 4.78 is 26.4. The Bertz CT molecular complexity index is 569. The first-order valence-corrected chi connectivity index (χ1v) is 8.08. The average molecular weight is 298 g/mol. The Balaban J connectivity index is 2.73. The summed E-state index contributed by atoms with van der Waals surface area (Å²) in [6, 6.07) is 6.71. The molecule has 0 unspecified atom stereocenters. The van der Waals surface area contributed by atoms with E-state index in [1.165, 1.54) is 0 Å². The number of hydrogen-bond donors (Lipinski definition) is 2. The van der Waals surface area contributed by atoms with Crippen LogP contribution in [0.25, 0.3) is 0 Å². The van der Waals surface area contributed by atoms with E-state index in [1.807, 2.05) is 20.8 Å². The fourth-order valence-corrected chi connectivity index (χ4v) is 2.99. The standard InChI is InChI=1S/C14H22N2O3S/c1-11(15-17)12-5-7-13(8-6-12)16-20(18,19)10-9-14(2,3)4/h5-8,16-17H,9-10H2,1-4H3/b15-11-. The van der Waals surface area contributed by atoms with Crippen molar-refractivity contribution in [2.24, 2.45) is 10.6 Å². The molecule has 0 aliphatic heterocycles. The van der Waals surface area contributed by atoms with Crippen LogP contribution in [0, 0.1) is 5.41 Å². The lowest BCUT2D eigenvalue weighted by Crippen LogP contribution is -2.20. The summed E-state index contributed by atoms with van der Waals surface area (Å²) in [7, 11) is -3.34. The Morgan fingerprint density at radius 2 is 1.80 bits per heavy atom. The van der Waals surface area contributed by atoms with E-state index in [1.54, 1.807) is 31.2 Å². The Hall–Kier alpha value is -1.56. The number of anilines is 1. The third kappa shape index (κ3) is 5.61. The molecule has 0 saturated heterocycles. The van der Waals surface area contributed by atoms with Gasteiger partial charge in [0.05, 0.1) is 11.5 Å². The van der Waals surface area contributed by atoms with Crippen LogP contribution < -0.4 is 4.72 Å². The lowest BCUT2D eigenvalue weighted by Gasteiger charge is -2.18. The Kier molecular flexibility index (Phi) is 5.16. The van der Waals surface area contributed by atoms with Crippen molar-refractivity contribution < 1.29 is 13.6 Å². The maximum Gasteiger partial charge on any atom is 0.232 e. The summed E-state index contributed by atoms with van der Waals surface area (Å²) in [5, 5.41) is 11.8. The lowest BCUT2D eigenvalue weighted by molar-refractivity contribution is 0.319. The molecule has 20 heavy (non-hydrogen) atoms. The first kappa shape index (κ1) is 16.5. The minimum absolute atomic E-state index is 0.0205. The van der Waals surface area contributed by atoms with Crippen molar-refractivity contribution >= 4 is 21.4 Å². The molecule has 0 bridgehead atoms. The number of benzene rings is 1. The van der Waals surface area contributed by atoms with Crippen LogP contribution in [0.5, 0.6) is 0 Å². The Morgan fingerprint density at radius 1 is 1.25 bits per heavy atom. The molecule has 112 valence electrons. The van der Waals surface area contributed by atoms with Crippen LogP contribution in [-0.2, 0) is 10.0 Å². The third-order valence-corrected chi connectivity index (χ3v) is 4.14. The van der Waals surface area contributed by atoms with E-state index in [-0.39, 0.29) is 11.2 Å². The second kappa shape index (κ2) is 6.26. The van der Waals surface area contributed by atoms with Gasteiger partial charge in [-0.25, -0.2) is 8.42 Å². The zero-order valence-electron chi connectivity index (χ0n) is 12.3. The van der Waals surface area contributed by atoms with E-state index < -0.39 is 10.0 Å². The fourth-order valence-electron chi connectivity index (χ4n) is 1.51. The molecule has 0 amide bonds. The minimum atomic E-state index is -3.34. The van der Waals surface area contributed by atoms with Gasteiger partial charge < -0.3 is 5.21 Å². The predicted molar refractivity (Wildman–Crippen MR) is 81.9 cm³/mol. The van der Waals surface area contributed by atoms with Crippen LogP contribution >= 0.6 is 0 Å². The molecule has 0 radical (unpaired) electrons. The monoisotopic (exact) mass is 298 g/mol. The number of rotatable bonds is 5. The van der Waals surface area contributed by atoms with Crippen molar-refractivity contribution in [3.05, 3.63) is 29.8 Å². The van der Waals surface area contributed by atoms with Gasteiger partial charge in [-0.15, -0.1) is 0 Å². The highest BCUT2D eigenvalue weighted by Crippen LogP contribution is 2.20. The summed E-state index contributed by atoms with van der Waals surface area (Å²) in [6.07, 6.45) is 0.594. The molecule has 2 N–H and O–H groups in total. The van der Waals surface area contributed by atoms with E-state index >= 15 is 0 Å². The SMILES string of the molecule is C/C(=N/O)c1ccc(NS(=O)(=O)CCC(C)(C)C)cc1. The number of nitrogens with zero attached hydrogens (tertiary/aromatic N) is 1. The van der Waals surface area contributed by atoms with Crippen LogP contribution in [0.15, 0.2) is 29.4 Å². The molecule has 5 nitrogen and oxygen atoms in total. The third-order valence-electron chi connectivity index (χ3n) is 2.85. The van der Waals surface area contributed by atoms with Crippen LogP contribution in [0.3, 0.4) is 0 Å². The molecular weight excluding hydrogens is 276 g/mol. The Labute approximate surface area is 120 Å². The highest BCUT2D eigenvalue weighted by molar-refractivity contribution is 7.92. The first-order chi connectivity index (χ1) is 9.13. The predicted octanol–water partition coefficient (Wildman–Crippen LogP) is 3.06. The summed E-state index contributed by atoms with van der Waals surface area (Å²) in [5.74, 6) is 0.0926. The summed E-state index contributed by atoms with van der Waals surface area (Å²) in [4.78, 5) is 0. The van der Waals surface area contributed by atoms with Crippen LogP contribution in [-0.4, -0.2) is 25.1 Å². The molecule has 0 aliphatic rings. The van der Waals surface area contributed by atoms with E-state index in [0.717, 1.165) is 5.56 Å². The van der Waals surface area contributed by atoms with E-state index in [2.05, 4.69) is 9.88 Å². The van der Waals surface area contributed by atoms with Crippen LogP contribution in [0.4, 0.5) is 5.69 Å². The van der Waals surface area contributed by atoms with Gasteiger partial charge in [-0.2, -0.15) is 0 Å². The molecule has 0 aromatic heterocycles. The molecular formula is C14H22N2O3S. The molecule has 0 atom stereocenters. The van der Waals surface area contributed by atoms with E-state index in [9.17, 15) is 8.42 Å². The van der Waals surface area contributed by atoms with Crippen molar-refractivity contribution in [2.75, 3.05) is 10.5 Å². The maximum absolute atomic E-state index is 11.9. The zero-order chi connectivity index (χ0) is 15.4. The van der Waals surface area contributed by atoms with Gasteiger partial charge in [-0.3, -0.25) is 4.72 Å². The van der Waals surface area contributed by atoms with Crippen molar-refractivity contribution in [1.29, 1.82) is 0 Å². The first-order valence-electron chi connectivity index (χ1n) is 6.42. The van der Waals surface area contributed by atoms with Crippen LogP contribution in [0.2, 0.25) is 0 Å². The van der Waals surface area contributed by atoms with Crippen molar-refractivity contribution in [3.8, 4) is 0 Å². The van der Waals surface area contributed by atoms with Gasteiger partial charge in [0.25, 0.3) is 0 Å². The topological polar surface area (TPSA) is 78.8 Å². The lowest BCUT2D eigenvalue weighted by atomic mass is 9.94. The zero-order valence-corrected chi connectivity index (χ0v) is 13.2. The van der Waals surface area contributed by atoms with Crippen LogP contribution in [0.1, 0.15) is 39.7 Å². The summed E-state index contributed by atoms with van der Waals surface area (Å²) in [5.41, 5.74) is 1.71. The summed E-state index contributed by atoms with van der Waals surface area (Å²) in [6.45, 7) is 7.69. The summed E-state index contributed by atoms with van der Waals surface area (Å²) >= 11 is 0. The maximum atomic E-state index is 11.9. The second-order valence-corrected chi connectivity index (χ2v) is 7.84. The van der Waals surface area contributed by atoms with Gasteiger partial charge in [0.2, 0.25) is 10.0 Å². The van der Waals surface area contributed by atoms with Crippen molar-refractivity contribution in [1.82, 2.24) is 0 Å². The van der Waals surface area contributed by atoms with E-state index in [0.29, 0.717) is 17.8 Å². The van der Waals surface area contributed by atoms with Gasteiger partial charge in [0, 0.05) is 5.69 Å². The van der Waals surface area contributed by atoms with Gasteiger partial charge >= 0.3 is 0 Å². The molecule has 0 heterocycles. The largest absolute Gasteiger partial charge is 0.411 e. The second-order valence-electron chi connectivity index (χ2n) is 5.99. The molecule has 1 aromatic carbocycles. The van der Waals surface area contributed by atoms with E-state index in [4.69, 9.17) is 5.21 Å². The average Bonchev–Trinajstić information content (AvgIpc) is 2.35. The molecule has 6 heteroatoms. The number of hydrogen-bond acceptors (Lipinski definition) is 4. The smallest absolute Gasteiger partial charge is 0.232 e. The van der Waals surface area contributed by atoms with Crippen molar-refractivity contribution in [2.45, 2.75) is 34.1 Å². The molecule has 0 saturated carbocycles. The molecule has 0 spiro atoms. The molecule has 0 fully saturated rings. The van der Waals surface area contributed by atoms with Gasteiger partial charge in [0.15, 0.2) is 0 Å². The molecule has 1 rings (SSSR count). The normalized spacial score (nSPS) is 13.3. The highest BCUT2D eigenvalue weighted by atomic mass is 32.2. The van der Waals surface area contributed by atoms with Gasteiger partial charge in [-0.05, 0) is 36.5 Å². The number of sulfonamides is 1. The van der Waals surface area contributed by atoms with Crippen molar-refractivity contribution in [3.63, 3.8) is 0 Å².